The molecular weight excluding hydrogens is 356 g/mol. The molecule has 7 nitrogen and oxygen atoms in total. The number of likely N-dealkylation sites (N-methyl/N-ethyl adjacent to an activating group) is 1. The summed E-state index contributed by atoms with van der Waals surface area (Å²) in [5, 5.41) is 11.7. The van der Waals surface area contributed by atoms with Crippen molar-refractivity contribution in [3.05, 3.63) is 75.2 Å². The minimum absolute atomic E-state index is 0.0174. The average molecular weight is 374 g/mol. The van der Waals surface area contributed by atoms with Crippen LogP contribution in [0.25, 0.3) is 11.7 Å². The van der Waals surface area contributed by atoms with Crippen LogP contribution in [0.5, 0.6) is 11.6 Å². The summed E-state index contributed by atoms with van der Waals surface area (Å²) in [6.07, 6.45) is 2.78. The van der Waals surface area contributed by atoms with Crippen LogP contribution in [0.3, 0.4) is 0 Å². The van der Waals surface area contributed by atoms with Gasteiger partial charge in [0.15, 0.2) is 0 Å². The van der Waals surface area contributed by atoms with E-state index in [1.54, 1.807) is 30.5 Å². The van der Waals surface area contributed by atoms with Crippen LogP contribution in [-0.4, -0.2) is 22.3 Å². The lowest BCUT2D eigenvalue weighted by atomic mass is 10.1. The maximum atomic E-state index is 13.1. The normalized spacial score (nSPS) is 11.1. The van der Waals surface area contributed by atoms with Crippen LogP contribution in [0.4, 0.5) is 0 Å². The lowest BCUT2D eigenvalue weighted by Gasteiger charge is -2.11. The first-order chi connectivity index (χ1) is 13.4. The van der Waals surface area contributed by atoms with E-state index in [1.807, 2.05) is 32.0 Å². The Morgan fingerprint density at radius 3 is 2.61 bits per heavy atom. The summed E-state index contributed by atoms with van der Waals surface area (Å²) in [4.78, 5) is 29.5. The molecule has 7 heteroatoms. The third-order valence-electron chi connectivity index (χ3n) is 4.17. The number of ether oxygens (including phenoxy) is 1. The fourth-order valence-electron chi connectivity index (χ4n) is 2.64. The molecule has 0 saturated heterocycles. The first-order valence-corrected chi connectivity index (χ1v) is 8.55. The van der Waals surface area contributed by atoms with E-state index in [0.29, 0.717) is 11.4 Å². The number of hydrogen-bond acceptors (Lipinski definition) is 5. The predicted octanol–water partition coefficient (Wildman–Crippen LogP) is 2.76. The van der Waals surface area contributed by atoms with Crippen LogP contribution >= 0.6 is 0 Å². The minimum Gasteiger partial charge on any atom is -0.438 e. The van der Waals surface area contributed by atoms with Crippen LogP contribution in [0, 0.1) is 25.2 Å². The third-order valence-corrected chi connectivity index (χ3v) is 4.17. The largest absolute Gasteiger partial charge is 0.438 e. The van der Waals surface area contributed by atoms with Gasteiger partial charge in [0.2, 0.25) is 5.88 Å². The zero-order valence-electron chi connectivity index (χ0n) is 15.7. The number of carbonyl (C=O) groups excluding carboxylic acids is 1. The Bertz CT molecular complexity index is 1190. The number of rotatable bonds is 4. The van der Waals surface area contributed by atoms with Crippen molar-refractivity contribution in [3.8, 4) is 17.7 Å². The molecule has 0 spiro atoms. The first kappa shape index (κ1) is 18.9. The van der Waals surface area contributed by atoms with Crippen molar-refractivity contribution in [1.29, 1.82) is 5.26 Å². The van der Waals surface area contributed by atoms with Gasteiger partial charge in [0, 0.05) is 13.2 Å². The number of pyridine rings is 1. The highest BCUT2D eigenvalue weighted by molar-refractivity contribution is 6.01. The Hall–Kier alpha value is -3.92. The topological polar surface area (TPSA) is 96.5 Å². The number of nitriles is 1. The van der Waals surface area contributed by atoms with Gasteiger partial charge in [-0.15, -0.1) is 0 Å². The molecule has 0 saturated carbocycles. The van der Waals surface area contributed by atoms with Gasteiger partial charge in [-0.2, -0.15) is 10.2 Å². The quantitative estimate of drug-likeness (QED) is 0.559. The second-order valence-corrected chi connectivity index (χ2v) is 6.18. The molecule has 0 unspecified atom stereocenters. The van der Waals surface area contributed by atoms with Gasteiger partial charge in [-0.3, -0.25) is 14.0 Å². The summed E-state index contributed by atoms with van der Waals surface area (Å²) >= 11 is 0. The van der Waals surface area contributed by atoms with Crippen molar-refractivity contribution in [2.75, 3.05) is 7.05 Å². The SMILES string of the molecule is CNC(=O)/C(C#N)=C/c1c(Oc2ccc(C)cc2)nc2c(C)cccn2c1=O. The van der Waals surface area contributed by atoms with Crippen molar-refractivity contribution in [1.82, 2.24) is 14.7 Å². The number of nitrogens with zero attached hydrogens (tertiary/aromatic N) is 3. The summed E-state index contributed by atoms with van der Waals surface area (Å²) < 4.78 is 7.22. The standard InChI is InChI=1S/C21H18N4O3/c1-13-6-8-16(9-7-13)28-20-17(11-15(12-22)19(26)23-3)21(27)25-10-4-5-14(2)18(25)24-20/h4-11H,1-3H3,(H,23,26)/b15-11+. The van der Waals surface area contributed by atoms with Gasteiger partial charge in [0.05, 0.1) is 0 Å². The minimum atomic E-state index is -0.600. The maximum Gasteiger partial charge on any atom is 0.269 e. The van der Waals surface area contributed by atoms with Crippen LogP contribution in [0.1, 0.15) is 16.7 Å². The van der Waals surface area contributed by atoms with Crippen LogP contribution in [-0.2, 0) is 4.79 Å². The van der Waals surface area contributed by atoms with Crippen molar-refractivity contribution in [3.63, 3.8) is 0 Å². The number of aromatic nitrogens is 2. The van der Waals surface area contributed by atoms with Gasteiger partial charge in [0.1, 0.15) is 28.6 Å². The molecule has 0 aliphatic rings. The monoisotopic (exact) mass is 374 g/mol. The number of aryl methyl sites for hydroxylation is 2. The van der Waals surface area contributed by atoms with Crippen LogP contribution < -0.4 is 15.6 Å². The zero-order chi connectivity index (χ0) is 20.3. The first-order valence-electron chi connectivity index (χ1n) is 8.55. The molecule has 0 radical (unpaired) electrons. The molecule has 0 fully saturated rings. The molecule has 1 N–H and O–H groups in total. The fraction of sp³-hybridized carbons (Fsp3) is 0.143. The van der Waals surface area contributed by atoms with E-state index in [4.69, 9.17) is 4.74 Å². The Balaban J connectivity index is 2.27. The molecule has 28 heavy (non-hydrogen) atoms. The van der Waals surface area contributed by atoms with E-state index >= 15 is 0 Å². The van der Waals surface area contributed by atoms with Gasteiger partial charge in [-0.1, -0.05) is 23.8 Å². The van der Waals surface area contributed by atoms with Gasteiger partial charge in [0.25, 0.3) is 11.5 Å². The summed E-state index contributed by atoms with van der Waals surface area (Å²) in [5.74, 6) is -0.0825. The Morgan fingerprint density at radius 2 is 1.96 bits per heavy atom. The summed E-state index contributed by atoms with van der Waals surface area (Å²) in [6.45, 7) is 3.78. The van der Waals surface area contributed by atoms with Gasteiger partial charge in [-0.25, -0.2) is 0 Å². The highest BCUT2D eigenvalue weighted by atomic mass is 16.5. The molecule has 0 aliphatic carbocycles. The number of carbonyl (C=O) groups is 1. The second kappa shape index (κ2) is 7.76. The maximum absolute atomic E-state index is 13.1. The highest BCUT2D eigenvalue weighted by Gasteiger charge is 2.17. The van der Waals surface area contributed by atoms with Crippen LogP contribution in [0.15, 0.2) is 53.0 Å². The number of nitrogens with one attached hydrogen (secondary N) is 1. The summed E-state index contributed by atoms with van der Waals surface area (Å²) in [7, 11) is 1.41. The summed E-state index contributed by atoms with van der Waals surface area (Å²) in [5.41, 5.74) is 1.64. The Labute approximate surface area is 161 Å². The van der Waals surface area contributed by atoms with Gasteiger partial charge >= 0.3 is 0 Å². The molecule has 0 atom stereocenters. The molecule has 1 aromatic carbocycles. The van der Waals surface area contributed by atoms with E-state index in [-0.39, 0.29) is 17.0 Å². The number of benzene rings is 1. The molecule has 3 aromatic rings. The number of hydrogen-bond donors (Lipinski definition) is 1. The lowest BCUT2D eigenvalue weighted by molar-refractivity contribution is -0.116. The Kier molecular flexibility index (Phi) is 5.23. The Morgan fingerprint density at radius 1 is 1.25 bits per heavy atom. The van der Waals surface area contributed by atoms with Crippen molar-refractivity contribution < 1.29 is 9.53 Å². The summed E-state index contributed by atoms with van der Waals surface area (Å²) in [6, 6.07) is 12.6. The lowest BCUT2D eigenvalue weighted by Crippen LogP contribution is -2.22. The number of amides is 1. The van der Waals surface area contributed by atoms with E-state index in [9.17, 15) is 14.9 Å². The molecule has 140 valence electrons. The molecular formula is C21H18N4O3. The van der Waals surface area contributed by atoms with Crippen LogP contribution in [0.2, 0.25) is 0 Å². The number of fused-ring (bicyclic) bond motifs is 1. The average Bonchev–Trinajstić information content (AvgIpc) is 2.70. The van der Waals surface area contributed by atoms with Gasteiger partial charge in [-0.05, 0) is 43.7 Å². The fourth-order valence-corrected chi connectivity index (χ4v) is 2.64. The van der Waals surface area contributed by atoms with E-state index in [2.05, 4.69) is 10.3 Å². The highest BCUT2D eigenvalue weighted by Crippen LogP contribution is 2.25. The zero-order valence-corrected chi connectivity index (χ0v) is 15.7. The smallest absolute Gasteiger partial charge is 0.269 e. The second-order valence-electron chi connectivity index (χ2n) is 6.18. The van der Waals surface area contributed by atoms with E-state index < -0.39 is 11.5 Å². The molecule has 1 amide bonds. The van der Waals surface area contributed by atoms with Crippen molar-refractivity contribution >= 4 is 17.6 Å². The molecule has 2 heterocycles. The molecule has 0 aliphatic heterocycles. The molecule has 0 bridgehead atoms. The molecule has 2 aromatic heterocycles. The van der Waals surface area contributed by atoms with Gasteiger partial charge < -0.3 is 10.1 Å². The third kappa shape index (κ3) is 3.62. The predicted molar refractivity (Wildman–Crippen MR) is 105 cm³/mol. The van der Waals surface area contributed by atoms with E-state index in [1.165, 1.54) is 17.5 Å². The van der Waals surface area contributed by atoms with Crippen molar-refractivity contribution in [2.24, 2.45) is 0 Å². The van der Waals surface area contributed by atoms with E-state index in [0.717, 1.165) is 11.1 Å². The van der Waals surface area contributed by atoms with Crippen molar-refractivity contribution in [2.45, 2.75) is 13.8 Å². The molecule has 3 rings (SSSR count).